The van der Waals surface area contributed by atoms with Gasteiger partial charge in [0.15, 0.2) is 0 Å². The highest BCUT2D eigenvalue weighted by atomic mass is 32.1. The van der Waals surface area contributed by atoms with E-state index >= 15 is 0 Å². The molecule has 2 aromatic carbocycles. The van der Waals surface area contributed by atoms with Crippen LogP contribution in [0.15, 0.2) is 36.4 Å². The van der Waals surface area contributed by atoms with Crippen LogP contribution in [0.25, 0.3) is 10.1 Å². The molecule has 3 N–H and O–H groups in total. The predicted octanol–water partition coefficient (Wildman–Crippen LogP) is 4.22. The molecule has 0 amide bonds. The maximum absolute atomic E-state index is 13.5. The minimum atomic E-state index is -0.572. The molecule has 4 nitrogen and oxygen atoms in total. The van der Waals surface area contributed by atoms with Crippen LogP contribution in [0.4, 0.5) is 4.39 Å². The summed E-state index contributed by atoms with van der Waals surface area (Å²) < 4.78 is 20.4. The Morgan fingerprint density at radius 2 is 2.00 bits per heavy atom. The lowest BCUT2D eigenvalue weighted by Gasteiger charge is -2.33. The molecule has 4 rings (SSSR count). The van der Waals surface area contributed by atoms with Crippen LogP contribution in [0.3, 0.4) is 0 Å². The fourth-order valence-electron chi connectivity index (χ4n) is 3.86. The monoisotopic (exact) mass is 402 g/mol. The molecule has 0 bridgehead atoms. The Morgan fingerprint density at radius 1 is 1.18 bits per heavy atom. The highest BCUT2D eigenvalue weighted by molar-refractivity contribution is 7.19. The Labute approximate surface area is 166 Å². The first-order valence-corrected chi connectivity index (χ1v) is 10.2. The number of thiophene rings is 1. The van der Waals surface area contributed by atoms with Crippen LogP contribution < -0.4 is 0 Å². The van der Waals surface area contributed by atoms with Gasteiger partial charge in [0.1, 0.15) is 11.6 Å². The summed E-state index contributed by atoms with van der Waals surface area (Å²) in [7, 11) is 0. The summed E-state index contributed by atoms with van der Waals surface area (Å²) >= 11 is 1.63. The van der Waals surface area contributed by atoms with Crippen LogP contribution in [0, 0.1) is 12.7 Å². The fourth-order valence-corrected chi connectivity index (χ4v) is 4.92. The van der Waals surface area contributed by atoms with E-state index in [4.69, 9.17) is 4.74 Å². The van der Waals surface area contributed by atoms with E-state index in [2.05, 4.69) is 0 Å². The number of phenolic OH excluding ortho intramolecular Hbond substituents is 1. The first-order chi connectivity index (χ1) is 13.4. The van der Waals surface area contributed by atoms with Crippen molar-refractivity contribution < 1.29 is 24.4 Å². The molecule has 0 aliphatic carbocycles. The second-order valence-electron chi connectivity index (χ2n) is 7.46. The Balaban J connectivity index is 1.64. The highest BCUT2D eigenvalue weighted by Gasteiger charge is 2.30. The van der Waals surface area contributed by atoms with E-state index in [1.54, 1.807) is 23.5 Å². The number of aromatic hydroxyl groups is 1. The molecule has 148 valence electrons. The summed E-state index contributed by atoms with van der Waals surface area (Å²) in [6.45, 7) is 1.78. The average Bonchev–Trinajstić information content (AvgIpc) is 3.04. The van der Waals surface area contributed by atoms with Crippen LogP contribution in [-0.2, 0) is 11.2 Å². The molecule has 1 aliphatic heterocycles. The lowest BCUT2D eigenvalue weighted by molar-refractivity contribution is -0.114. The standard InChI is InChI=1S/C22H23FO4S/c1-12-4-20(26)19(21-10-16(25)9-17(11-24)27-21)8-13(12)6-18-7-14-5-15(23)2-3-22(14)28-18/h2-5,7-8,16-17,21,24-26H,6,9-11H2,1H3. The number of rotatable bonds is 4. The van der Waals surface area contributed by atoms with Gasteiger partial charge in [-0.2, -0.15) is 0 Å². The number of halogens is 1. The van der Waals surface area contributed by atoms with Gasteiger partial charge < -0.3 is 20.1 Å². The zero-order chi connectivity index (χ0) is 19.8. The minimum Gasteiger partial charge on any atom is -0.508 e. The quantitative estimate of drug-likeness (QED) is 0.611. The third kappa shape index (κ3) is 3.91. The summed E-state index contributed by atoms with van der Waals surface area (Å²) in [5, 5.41) is 30.8. The van der Waals surface area contributed by atoms with Crippen molar-refractivity contribution in [2.45, 2.75) is 44.5 Å². The van der Waals surface area contributed by atoms with E-state index in [1.807, 2.05) is 19.1 Å². The van der Waals surface area contributed by atoms with Gasteiger partial charge >= 0.3 is 0 Å². The summed E-state index contributed by atoms with van der Waals surface area (Å²) in [5.74, 6) is -0.109. The molecule has 2 heterocycles. The van der Waals surface area contributed by atoms with Crippen LogP contribution in [0.1, 0.15) is 40.5 Å². The largest absolute Gasteiger partial charge is 0.508 e. The van der Waals surface area contributed by atoms with Crippen LogP contribution in [0.2, 0.25) is 0 Å². The Hall–Kier alpha value is -1.99. The van der Waals surface area contributed by atoms with Gasteiger partial charge in [-0.05, 0) is 59.8 Å². The van der Waals surface area contributed by atoms with Crippen molar-refractivity contribution in [2.75, 3.05) is 6.61 Å². The van der Waals surface area contributed by atoms with Crippen molar-refractivity contribution in [2.24, 2.45) is 0 Å². The van der Waals surface area contributed by atoms with E-state index in [-0.39, 0.29) is 18.2 Å². The van der Waals surface area contributed by atoms with Gasteiger partial charge in [-0.15, -0.1) is 11.3 Å². The van der Waals surface area contributed by atoms with Crippen molar-refractivity contribution in [3.05, 3.63) is 63.8 Å². The number of phenols is 1. The lowest BCUT2D eigenvalue weighted by atomic mass is 9.92. The van der Waals surface area contributed by atoms with Gasteiger partial charge in [-0.3, -0.25) is 0 Å². The molecule has 3 atom stereocenters. The number of benzene rings is 2. The van der Waals surface area contributed by atoms with Crippen molar-refractivity contribution >= 4 is 21.4 Å². The average molecular weight is 402 g/mol. The van der Waals surface area contributed by atoms with Crippen molar-refractivity contribution in [3.8, 4) is 5.75 Å². The number of aliphatic hydroxyl groups is 2. The van der Waals surface area contributed by atoms with Crippen molar-refractivity contribution in [3.63, 3.8) is 0 Å². The van der Waals surface area contributed by atoms with E-state index in [0.29, 0.717) is 24.8 Å². The molecule has 0 saturated carbocycles. The number of fused-ring (bicyclic) bond motifs is 1. The summed E-state index contributed by atoms with van der Waals surface area (Å²) in [6.07, 6.45) is -0.0251. The maximum atomic E-state index is 13.5. The van der Waals surface area contributed by atoms with Crippen LogP contribution in [0.5, 0.6) is 5.75 Å². The lowest BCUT2D eigenvalue weighted by Crippen LogP contribution is -2.33. The number of hydrogen-bond acceptors (Lipinski definition) is 5. The number of ether oxygens (including phenoxy) is 1. The molecule has 0 radical (unpaired) electrons. The summed E-state index contributed by atoms with van der Waals surface area (Å²) in [6, 6.07) is 10.4. The Morgan fingerprint density at radius 3 is 2.79 bits per heavy atom. The first-order valence-electron chi connectivity index (χ1n) is 9.37. The van der Waals surface area contributed by atoms with Gasteiger partial charge in [0.25, 0.3) is 0 Å². The van der Waals surface area contributed by atoms with Gasteiger partial charge in [0.05, 0.1) is 24.9 Å². The Kier molecular flexibility index (Phi) is 5.38. The third-order valence-electron chi connectivity index (χ3n) is 5.31. The van der Waals surface area contributed by atoms with E-state index in [0.717, 1.165) is 26.1 Å². The molecular weight excluding hydrogens is 379 g/mol. The van der Waals surface area contributed by atoms with Gasteiger partial charge in [0, 0.05) is 34.4 Å². The summed E-state index contributed by atoms with van der Waals surface area (Å²) in [4.78, 5) is 1.11. The molecule has 1 aromatic heterocycles. The third-order valence-corrected chi connectivity index (χ3v) is 6.42. The molecule has 3 unspecified atom stereocenters. The van der Waals surface area contributed by atoms with E-state index < -0.39 is 18.3 Å². The fraction of sp³-hybridized carbons (Fsp3) is 0.364. The molecular formula is C22H23FO4S. The van der Waals surface area contributed by atoms with Crippen LogP contribution in [-0.4, -0.2) is 34.1 Å². The highest BCUT2D eigenvalue weighted by Crippen LogP contribution is 2.38. The second kappa shape index (κ2) is 7.79. The zero-order valence-corrected chi connectivity index (χ0v) is 16.4. The smallest absolute Gasteiger partial charge is 0.123 e. The predicted molar refractivity (Wildman–Crippen MR) is 107 cm³/mol. The normalized spacial score (nSPS) is 22.6. The van der Waals surface area contributed by atoms with Gasteiger partial charge in [-0.25, -0.2) is 4.39 Å². The topological polar surface area (TPSA) is 69.9 Å². The molecule has 1 saturated heterocycles. The first kappa shape index (κ1) is 19.3. The van der Waals surface area contributed by atoms with E-state index in [9.17, 15) is 19.7 Å². The molecule has 1 aliphatic rings. The molecule has 3 aromatic rings. The molecule has 6 heteroatoms. The van der Waals surface area contributed by atoms with Crippen molar-refractivity contribution in [1.29, 1.82) is 0 Å². The maximum Gasteiger partial charge on any atom is 0.123 e. The van der Waals surface area contributed by atoms with Gasteiger partial charge in [-0.1, -0.05) is 0 Å². The molecule has 0 spiro atoms. The number of aryl methyl sites for hydroxylation is 1. The second-order valence-corrected chi connectivity index (χ2v) is 8.63. The molecule has 28 heavy (non-hydrogen) atoms. The SMILES string of the molecule is Cc1cc(O)c(C2CC(O)CC(CO)O2)cc1Cc1cc2cc(F)ccc2s1. The van der Waals surface area contributed by atoms with Crippen LogP contribution >= 0.6 is 11.3 Å². The number of aliphatic hydroxyl groups excluding tert-OH is 2. The van der Waals surface area contributed by atoms with Gasteiger partial charge in [0.2, 0.25) is 0 Å². The minimum absolute atomic E-state index is 0.135. The van der Waals surface area contributed by atoms with E-state index in [1.165, 1.54) is 12.1 Å². The molecule has 1 fully saturated rings. The number of hydrogen-bond donors (Lipinski definition) is 3. The zero-order valence-electron chi connectivity index (χ0n) is 15.6. The van der Waals surface area contributed by atoms with Crippen molar-refractivity contribution in [1.82, 2.24) is 0 Å². The Bertz CT molecular complexity index is 1000. The summed E-state index contributed by atoms with van der Waals surface area (Å²) in [5.41, 5.74) is 2.63.